The maximum Gasteiger partial charge on any atom is 0.347 e. The molecule has 1 aromatic heterocycles. The molecule has 3 aromatic rings. The Kier molecular flexibility index (Phi) is 4.11. The van der Waals surface area contributed by atoms with Crippen molar-refractivity contribution >= 4 is 16.7 Å². The summed E-state index contributed by atoms with van der Waals surface area (Å²) in [5.74, 6) is 1.53. The number of H-pyrrole nitrogens is 1. The van der Waals surface area contributed by atoms with E-state index in [-0.39, 0.29) is 11.8 Å². The lowest BCUT2D eigenvalue weighted by Crippen LogP contribution is -2.39. The van der Waals surface area contributed by atoms with Gasteiger partial charge in [0.15, 0.2) is 0 Å². The van der Waals surface area contributed by atoms with Gasteiger partial charge >= 0.3 is 5.69 Å². The number of benzene rings is 2. The minimum atomic E-state index is -0.332. The van der Waals surface area contributed by atoms with Crippen LogP contribution in [0.15, 0.2) is 53.3 Å². The maximum atomic E-state index is 11.9. The van der Waals surface area contributed by atoms with Crippen LogP contribution in [0.5, 0.6) is 5.75 Å². The number of aromatic nitrogens is 2. The number of ether oxygens (including phenoxy) is 2. The molecule has 2 heterocycles. The van der Waals surface area contributed by atoms with Gasteiger partial charge in [0.05, 0.1) is 19.2 Å². The summed E-state index contributed by atoms with van der Waals surface area (Å²) in [5.41, 5.74) is 1.55. The van der Waals surface area contributed by atoms with Crippen molar-refractivity contribution in [1.29, 1.82) is 0 Å². The Labute approximate surface area is 145 Å². The van der Waals surface area contributed by atoms with Gasteiger partial charge in [-0.15, -0.1) is 0 Å². The highest BCUT2D eigenvalue weighted by atomic mass is 16.5. The maximum absolute atomic E-state index is 11.9. The Bertz CT molecular complexity index is 937. The number of rotatable bonds is 3. The van der Waals surface area contributed by atoms with E-state index in [1.165, 1.54) is 0 Å². The molecule has 2 aromatic carbocycles. The van der Waals surface area contributed by atoms with Crippen molar-refractivity contribution in [1.82, 2.24) is 9.97 Å². The van der Waals surface area contributed by atoms with Crippen LogP contribution >= 0.6 is 0 Å². The average Bonchev–Trinajstić information content (AvgIpc) is 2.67. The van der Waals surface area contributed by atoms with Crippen LogP contribution in [0.1, 0.15) is 11.7 Å². The molecule has 0 spiro atoms. The Morgan fingerprint density at radius 1 is 1.20 bits per heavy atom. The number of hydrogen-bond donors (Lipinski definition) is 1. The third-order valence-corrected chi connectivity index (χ3v) is 4.47. The van der Waals surface area contributed by atoms with E-state index in [2.05, 4.69) is 14.9 Å². The van der Waals surface area contributed by atoms with E-state index in [1.807, 2.05) is 48.5 Å². The van der Waals surface area contributed by atoms with Gasteiger partial charge in [-0.25, -0.2) is 4.79 Å². The van der Waals surface area contributed by atoms with Crippen LogP contribution in [-0.2, 0) is 4.74 Å². The van der Waals surface area contributed by atoms with E-state index in [1.54, 1.807) is 7.11 Å². The van der Waals surface area contributed by atoms with Crippen LogP contribution < -0.4 is 15.3 Å². The van der Waals surface area contributed by atoms with Crippen LogP contribution in [0.2, 0.25) is 0 Å². The molecule has 0 radical (unpaired) electrons. The monoisotopic (exact) mass is 337 g/mol. The van der Waals surface area contributed by atoms with Crippen molar-refractivity contribution in [2.45, 2.75) is 6.10 Å². The second-order valence-electron chi connectivity index (χ2n) is 5.99. The van der Waals surface area contributed by atoms with E-state index in [4.69, 9.17) is 9.47 Å². The first-order valence-corrected chi connectivity index (χ1v) is 8.24. The van der Waals surface area contributed by atoms with E-state index < -0.39 is 0 Å². The van der Waals surface area contributed by atoms with Crippen molar-refractivity contribution < 1.29 is 9.47 Å². The highest BCUT2D eigenvalue weighted by Crippen LogP contribution is 2.29. The van der Waals surface area contributed by atoms with Gasteiger partial charge in [-0.3, -0.25) is 0 Å². The standard InChI is InChI=1S/C19H19N3O3/c1-24-14-8-6-13(7-9-14)17-12-22(10-11-25-17)18-15-4-2-3-5-16(15)20-19(23)21-18/h2-9,17H,10-12H2,1H3,(H,20,21,23). The zero-order chi connectivity index (χ0) is 17.2. The summed E-state index contributed by atoms with van der Waals surface area (Å²) in [6.07, 6.45) is -0.0699. The summed E-state index contributed by atoms with van der Waals surface area (Å²) >= 11 is 0. The molecule has 25 heavy (non-hydrogen) atoms. The van der Waals surface area contributed by atoms with Crippen molar-refractivity contribution in [2.75, 3.05) is 31.7 Å². The zero-order valence-electron chi connectivity index (χ0n) is 13.9. The van der Waals surface area contributed by atoms with Gasteiger partial charge in [-0.2, -0.15) is 4.98 Å². The molecular weight excluding hydrogens is 318 g/mol. The number of anilines is 1. The van der Waals surface area contributed by atoms with Crippen LogP contribution in [0.4, 0.5) is 5.82 Å². The van der Waals surface area contributed by atoms with Crippen molar-refractivity contribution in [3.63, 3.8) is 0 Å². The molecule has 1 unspecified atom stereocenters. The van der Waals surface area contributed by atoms with E-state index >= 15 is 0 Å². The number of morpholine rings is 1. The molecule has 6 heteroatoms. The van der Waals surface area contributed by atoms with Crippen molar-refractivity contribution in [2.24, 2.45) is 0 Å². The first kappa shape index (κ1) is 15.7. The van der Waals surface area contributed by atoms with Crippen LogP contribution in [0.25, 0.3) is 10.9 Å². The van der Waals surface area contributed by atoms with Crippen molar-refractivity contribution in [3.8, 4) is 5.75 Å². The second-order valence-corrected chi connectivity index (χ2v) is 5.99. The Morgan fingerprint density at radius 3 is 2.80 bits per heavy atom. The van der Waals surface area contributed by atoms with E-state index in [9.17, 15) is 4.79 Å². The molecule has 128 valence electrons. The smallest absolute Gasteiger partial charge is 0.347 e. The first-order valence-electron chi connectivity index (χ1n) is 8.24. The first-order chi connectivity index (χ1) is 12.2. The molecule has 0 bridgehead atoms. The largest absolute Gasteiger partial charge is 0.497 e. The molecule has 1 N–H and O–H groups in total. The molecule has 1 fully saturated rings. The van der Waals surface area contributed by atoms with Gasteiger partial charge in [-0.1, -0.05) is 24.3 Å². The van der Waals surface area contributed by atoms with E-state index in [0.717, 1.165) is 22.2 Å². The number of aromatic amines is 1. The fraction of sp³-hybridized carbons (Fsp3) is 0.263. The lowest BCUT2D eigenvalue weighted by atomic mass is 10.1. The highest BCUT2D eigenvalue weighted by Gasteiger charge is 2.24. The summed E-state index contributed by atoms with van der Waals surface area (Å²) in [4.78, 5) is 21.1. The minimum Gasteiger partial charge on any atom is -0.497 e. The molecule has 1 aliphatic rings. The minimum absolute atomic E-state index is 0.0699. The summed E-state index contributed by atoms with van der Waals surface area (Å²) in [7, 11) is 1.65. The third kappa shape index (κ3) is 3.08. The fourth-order valence-corrected chi connectivity index (χ4v) is 3.19. The summed E-state index contributed by atoms with van der Waals surface area (Å²) in [6, 6.07) is 15.6. The predicted molar refractivity (Wildman–Crippen MR) is 96.3 cm³/mol. The van der Waals surface area contributed by atoms with Gasteiger partial charge in [-0.05, 0) is 29.8 Å². The van der Waals surface area contributed by atoms with Crippen molar-refractivity contribution in [3.05, 3.63) is 64.6 Å². The predicted octanol–water partition coefficient (Wildman–Crippen LogP) is 2.51. The quantitative estimate of drug-likeness (QED) is 0.795. The highest BCUT2D eigenvalue weighted by molar-refractivity contribution is 5.89. The number of nitrogens with zero attached hydrogens (tertiary/aromatic N) is 2. The number of fused-ring (bicyclic) bond motifs is 1. The molecular formula is C19H19N3O3. The third-order valence-electron chi connectivity index (χ3n) is 4.47. The summed E-state index contributed by atoms with van der Waals surface area (Å²) < 4.78 is 11.1. The average molecular weight is 337 g/mol. The summed E-state index contributed by atoms with van der Waals surface area (Å²) in [6.45, 7) is 1.93. The molecule has 1 aliphatic heterocycles. The lowest BCUT2D eigenvalue weighted by molar-refractivity contribution is 0.0396. The Balaban J connectivity index is 1.66. The normalized spacial score (nSPS) is 17.6. The van der Waals surface area contributed by atoms with Gasteiger partial charge in [0.1, 0.15) is 17.7 Å². The zero-order valence-corrected chi connectivity index (χ0v) is 13.9. The lowest BCUT2D eigenvalue weighted by Gasteiger charge is -2.34. The molecule has 6 nitrogen and oxygen atoms in total. The number of hydrogen-bond acceptors (Lipinski definition) is 5. The molecule has 0 amide bonds. The molecule has 0 saturated carbocycles. The van der Waals surface area contributed by atoms with Gasteiger partial charge in [0, 0.05) is 18.5 Å². The number of para-hydroxylation sites is 1. The molecule has 0 aliphatic carbocycles. The Morgan fingerprint density at radius 2 is 2.00 bits per heavy atom. The van der Waals surface area contributed by atoms with Crippen LogP contribution in [-0.4, -0.2) is 36.8 Å². The SMILES string of the molecule is COc1ccc(C2CN(c3nc(=O)[nH]c4ccccc34)CCO2)cc1. The summed E-state index contributed by atoms with van der Waals surface area (Å²) in [5, 5.41) is 0.942. The van der Waals surface area contributed by atoms with Crippen LogP contribution in [0, 0.1) is 0 Å². The van der Waals surface area contributed by atoms with Gasteiger partial charge in [0.2, 0.25) is 0 Å². The number of methoxy groups -OCH3 is 1. The Hall–Kier alpha value is -2.86. The molecule has 4 rings (SSSR count). The fourth-order valence-electron chi connectivity index (χ4n) is 3.19. The second kappa shape index (κ2) is 6.57. The number of nitrogens with one attached hydrogen (secondary N) is 1. The van der Waals surface area contributed by atoms with Gasteiger partial charge in [0.25, 0.3) is 0 Å². The van der Waals surface area contributed by atoms with Gasteiger partial charge < -0.3 is 19.4 Å². The van der Waals surface area contributed by atoms with Crippen LogP contribution in [0.3, 0.4) is 0 Å². The molecule has 1 atom stereocenters. The van der Waals surface area contributed by atoms with E-state index in [0.29, 0.717) is 25.5 Å². The molecule has 1 saturated heterocycles. The topological polar surface area (TPSA) is 67.5 Å².